The first-order chi connectivity index (χ1) is 10.3. The van der Waals surface area contributed by atoms with E-state index in [1.54, 1.807) is 18.3 Å². The fourth-order valence-electron chi connectivity index (χ4n) is 2.20. The number of rotatable bonds is 3. The maximum absolute atomic E-state index is 9.09. The van der Waals surface area contributed by atoms with Crippen molar-refractivity contribution in [2.24, 2.45) is 0 Å². The van der Waals surface area contributed by atoms with Gasteiger partial charge in [0, 0.05) is 17.1 Å². The molecule has 0 spiro atoms. The SMILES string of the molecule is N#Cc1ccccc1COc1ccc(N)c2ncccc12. The van der Waals surface area contributed by atoms with Crippen LogP contribution in [0.15, 0.2) is 54.7 Å². The fraction of sp³-hybridized carbons (Fsp3) is 0.0588. The molecule has 1 heterocycles. The van der Waals surface area contributed by atoms with E-state index in [1.165, 1.54) is 0 Å². The van der Waals surface area contributed by atoms with Crippen LogP contribution in [-0.2, 0) is 6.61 Å². The van der Waals surface area contributed by atoms with Crippen molar-refractivity contribution in [3.63, 3.8) is 0 Å². The van der Waals surface area contributed by atoms with Crippen LogP contribution in [0.4, 0.5) is 5.69 Å². The van der Waals surface area contributed by atoms with Crippen molar-refractivity contribution < 1.29 is 4.74 Å². The molecule has 0 atom stereocenters. The van der Waals surface area contributed by atoms with Crippen molar-refractivity contribution >= 4 is 16.6 Å². The van der Waals surface area contributed by atoms with Crippen LogP contribution < -0.4 is 10.5 Å². The fourth-order valence-corrected chi connectivity index (χ4v) is 2.20. The minimum atomic E-state index is 0.331. The summed E-state index contributed by atoms with van der Waals surface area (Å²) in [5.74, 6) is 0.708. The molecule has 3 rings (SSSR count). The Morgan fingerprint density at radius 1 is 1.10 bits per heavy atom. The molecule has 2 N–H and O–H groups in total. The van der Waals surface area contributed by atoms with Gasteiger partial charge in [-0.2, -0.15) is 5.26 Å². The van der Waals surface area contributed by atoms with Gasteiger partial charge in [0.1, 0.15) is 12.4 Å². The highest BCUT2D eigenvalue weighted by atomic mass is 16.5. The Balaban J connectivity index is 1.93. The van der Waals surface area contributed by atoms with E-state index in [1.807, 2.05) is 36.4 Å². The molecule has 102 valence electrons. The molecule has 0 amide bonds. The van der Waals surface area contributed by atoms with Crippen LogP contribution in [0, 0.1) is 11.3 Å². The molecule has 0 radical (unpaired) electrons. The molecule has 21 heavy (non-hydrogen) atoms. The zero-order valence-electron chi connectivity index (χ0n) is 11.3. The molecular formula is C17H13N3O. The second kappa shape index (κ2) is 5.51. The average Bonchev–Trinajstić information content (AvgIpc) is 2.55. The summed E-state index contributed by atoms with van der Waals surface area (Å²) < 4.78 is 5.86. The zero-order chi connectivity index (χ0) is 14.7. The van der Waals surface area contributed by atoms with Gasteiger partial charge in [-0.05, 0) is 30.3 Å². The number of aromatic nitrogens is 1. The molecule has 0 bridgehead atoms. The summed E-state index contributed by atoms with van der Waals surface area (Å²) in [6.45, 7) is 0.331. The predicted molar refractivity (Wildman–Crippen MR) is 81.6 cm³/mol. The highest BCUT2D eigenvalue weighted by molar-refractivity contribution is 5.93. The number of nitrogen functional groups attached to an aromatic ring is 1. The van der Waals surface area contributed by atoms with Crippen LogP contribution >= 0.6 is 0 Å². The molecule has 0 aliphatic heterocycles. The molecule has 4 heteroatoms. The van der Waals surface area contributed by atoms with Crippen LogP contribution in [0.2, 0.25) is 0 Å². The van der Waals surface area contributed by atoms with E-state index in [-0.39, 0.29) is 0 Å². The van der Waals surface area contributed by atoms with Crippen LogP contribution in [-0.4, -0.2) is 4.98 Å². The maximum atomic E-state index is 9.09. The zero-order valence-corrected chi connectivity index (χ0v) is 11.3. The van der Waals surface area contributed by atoms with Gasteiger partial charge >= 0.3 is 0 Å². The lowest BCUT2D eigenvalue weighted by molar-refractivity contribution is 0.309. The third-order valence-corrected chi connectivity index (χ3v) is 3.28. The average molecular weight is 275 g/mol. The van der Waals surface area contributed by atoms with Gasteiger partial charge in [-0.3, -0.25) is 4.98 Å². The second-order valence-corrected chi connectivity index (χ2v) is 4.61. The second-order valence-electron chi connectivity index (χ2n) is 4.61. The Morgan fingerprint density at radius 3 is 2.81 bits per heavy atom. The van der Waals surface area contributed by atoms with E-state index in [4.69, 9.17) is 15.7 Å². The number of ether oxygens (including phenoxy) is 1. The van der Waals surface area contributed by atoms with Crippen molar-refractivity contribution in [1.82, 2.24) is 4.98 Å². The molecule has 1 aromatic heterocycles. The van der Waals surface area contributed by atoms with Gasteiger partial charge in [0.25, 0.3) is 0 Å². The summed E-state index contributed by atoms with van der Waals surface area (Å²) >= 11 is 0. The minimum Gasteiger partial charge on any atom is -0.488 e. The normalized spacial score (nSPS) is 10.2. The van der Waals surface area contributed by atoms with E-state index in [0.29, 0.717) is 23.6 Å². The Morgan fingerprint density at radius 2 is 1.95 bits per heavy atom. The standard InChI is InChI=1S/C17H13N3O/c18-10-12-4-1-2-5-13(12)11-21-16-8-7-15(19)17-14(16)6-3-9-20-17/h1-9H,11,19H2. The van der Waals surface area contributed by atoms with Gasteiger partial charge < -0.3 is 10.5 Å². The van der Waals surface area contributed by atoms with E-state index in [2.05, 4.69) is 11.1 Å². The summed E-state index contributed by atoms with van der Waals surface area (Å²) in [5, 5.41) is 9.96. The largest absolute Gasteiger partial charge is 0.488 e. The first-order valence-electron chi connectivity index (χ1n) is 6.53. The number of pyridine rings is 1. The summed E-state index contributed by atoms with van der Waals surface area (Å²) in [7, 11) is 0. The number of nitrogens with zero attached hydrogens (tertiary/aromatic N) is 2. The van der Waals surface area contributed by atoms with Gasteiger partial charge in [0.2, 0.25) is 0 Å². The molecule has 2 aromatic carbocycles. The molecule has 3 aromatic rings. The molecule has 4 nitrogen and oxygen atoms in total. The van der Waals surface area contributed by atoms with Crippen molar-refractivity contribution in [2.45, 2.75) is 6.61 Å². The molecule has 0 aliphatic carbocycles. The topological polar surface area (TPSA) is 71.9 Å². The molecule has 0 saturated carbocycles. The van der Waals surface area contributed by atoms with Crippen molar-refractivity contribution in [2.75, 3.05) is 5.73 Å². The molecule has 0 unspecified atom stereocenters. The van der Waals surface area contributed by atoms with E-state index >= 15 is 0 Å². The first-order valence-corrected chi connectivity index (χ1v) is 6.53. The highest BCUT2D eigenvalue weighted by Gasteiger charge is 2.07. The van der Waals surface area contributed by atoms with Crippen molar-refractivity contribution in [3.05, 3.63) is 65.9 Å². The number of nitrogens with two attached hydrogens (primary N) is 1. The summed E-state index contributed by atoms with van der Waals surface area (Å²) in [5.41, 5.74) is 8.74. The first kappa shape index (κ1) is 12.9. The van der Waals surface area contributed by atoms with E-state index in [9.17, 15) is 0 Å². The van der Waals surface area contributed by atoms with E-state index < -0.39 is 0 Å². The van der Waals surface area contributed by atoms with Gasteiger partial charge in [-0.15, -0.1) is 0 Å². The Bertz CT molecular complexity index is 837. The van der Waals surface area contributed by atoms with Gasteiger partial charge in [-0.25, -0.2) is 0 Å². The number of nitriles is 1. The highest BCUT2D eigenvalue weighted by Crippen LogP contribution is 2.29. The summed E-state index contributed by atoms with van der Waals surface area (Å²) in [6.07, 6.45) is 1.70. The Labute approximate surface area is 122 Å². The van der Waals surface area contributed by atoms with Crippen LogP contribution in [0.1, 0.15) is 11.1 Å². The Kier molecular flexibility index (Phi) is 3.40. The minimum absolute atomic E-state index is 0.331. The quantitative estimate of drug-likeness (QED) is 0.745. The van der Waals surface area contributed by atoms with Crippen molar-refractivity contribution in [3.8, 4) is 11.8 Å². The number of anilines is 1. The number of fused-ring (bicyclic) bond motifs is 1. The van der Waals surface area contributed by atoms with Gasteiger partial charge in [-0.1, -0.05) is 18.2 Å². The predicted octanol–water partition coefficient (Wildman–Crippen LogP) is 3.27. The monoisotopic (exact) mass is 275 g/mol. The van der Waals surface area contributed by atoms with Crippen LogP contribution in [0.5, 0.6) is 5.75 Å². The molecular weight excluding hydrogens is 262 g/mol. The third kappa shape index (κ3) is 2.49. The van der Waals surface area contributed by atoms with Gasteiger partial charge in [0.15, 0.2) is 0 Å². The maximum Gasteiger partial charge on any atom is 0.129 e. The van der Waals surface area contributed by atoms with Crippen LogP contribution in [0.3, 0.4) is 0 Å². The molecule has 0 aliphatic rings. The smallest absolute Gasteiger partial charge is 0.129 e. The van der Waals surface area contributed by atoms with Crippen LogP contribution in [0.25, 0.3) is 10.9 Å². The van der Waals surface area contributed by atoms with Crippen molar-refractivity contribution in [1.29, 1.82) is 5.26 Å². The Hall–Kier alpha value is -3.06. The lowest BCUT2D eigenvalue weighted by Crippen LogP contribution is -1.99. The lowest BCUT2D eigenvalue weighted by Gasteiger charge is -2.11. The third-order valence-electron chi connectivity index (χ3n) is 3.28. The number of benzene rings is 2. The van der Waals surface area contributed by atoms with Gasteiger partial charge in [0.05, 0.1) is 22.8 Å². The summed E-state index contributed by atoms with van der Waals surface area (Å²) in [6, 6.07) is 16.9. The number of hydrogen-bond donors (Lipinski definition) is 1. The molecule has 0 fully saturated rings. The number of hydrogen-bond acceptors (Lipinski definition) is 4. The van der Waals surface area contributed by atoms with E-state index in [0.717, 1.165) is 16.5 Å². The summed E-state index contributed by atoms with van der Waals surface area (Å²) in [4.78, 5) is 4.27. The lowest BCUT2D eigenvalue weighted by atomic mass is 10.1. The molecule has 0 saturated heterocycles.